The molecule has 1 aromatic carbocycles. The monoisotopic (exact) mass is 379 g/mol. The van der Waals surface area contributed by atoms with E-state index in [-0.39, 0.29) is 30.0 Å². The molecule has 0 bridgehead atoms. The zero-order valence-electron chi connectivity index (χ0n) is 13.6. The summed E-state index contributed by atoms with van der Waals surface area (Å²) >= 11 is 5.55. The van der Waals surface area contributed by atoms with Gasteiger partial charge in [-0.05, 0) is 18.2 Å². The summed E-state index contributed by atoms with van der Waals surface area (Å²) in [4.78, 5) is 24.5. The van der Waals surface area contributed by atoms with Gasteiger partial charge in [0.15, 0.2) is 6.54 Å². The van der Waals surface area contributed by atoms with E-state index in [1.807, 2.05) is 0 Å². The Morgan fingerprint density at radius 2 is 1.96 bits per heavy atom. The number of halogens is 4. The van der Waals surface area contributed by atoms with Gasteiger partial charge in [0.1, 0.15) is 0 Å². The molecule has 9 heteroatoms. The van der Waals surface area contributed by atoms with Crippen LogP contribution >= 0.6 is 11.6 Å². The molecule has 1 amide bonds. The van der Waals surface area contributed by atoms with Crippen LogP contribution in [0.5, 0.6) is 0 Å². The van der Waals surface area contributed by atoms with Gasteiger partial charge in [-0.3, -0.25) is 9.59 Å². The summed E-state index contributed by atoms with van der Waals surface area (Å²) in [6, 6.07) is 3.25. The van der Waals surface area contributed by atoms with E-state index >= 15 is 0 Å². The van der Waals surface area contributed by atoms with Crippen LogP contribution in [0.1, 0.15) is 18.4 Å². The van der Waals surface area contributed by atoms with Gasteiger partial charge in [-0.15, -0.1) is 0 Å². The van der Waals surface area contributed by atoms with Gasteiger partial charge in [-0.25, -0.2) is 0 Å². The molecule has 0 unspecified atom stereocenters. The van der Waals surface area contributed by atoms with E-state index in [1.165, 1.54) is 13.2 Å². The van der Waals surface area contributed by atoms with Gasteiger partial charge >= 0.3 is 12.1 Å². The van der Waals surface area contributed by atoms with Crippen LogP contribution in [0.25, 0.3) is 0 Å². The average molecular weight is 380 g/mol. The van der Waals surface area contributed by atoms with Crippen molar-refractivity contribution < 1.29 is 32.4 Å². The number of quaternary nitrogens is 1. The number of nitrogens with one attached hydrogen (secondary N) is 2. The number of carbonyl (C=O) groups excluding carboxylic acids is 2. The van der Waals surface area contributed by atoms with Gasteiger partial charge in [0.25, 0.3) is 5.91 Å². The number of carbonyl (C=O) groups is 2. The van der Waals surface area contributed by atoms with Gasteiger partial charge < -0.3 is 15.0 Å². The molecule has 5 nitrogen and oxygen atoms in total. The van der Waals surface area contributed by atoms with E-state index in [0.717, 1.165) is 17.0 Å². The minimum atomic E-state index is -4.58. The molecule has 1 fully saturated rings. The Labute approximate surface area is 148 Å². The van der Waals surface area contributed by atoms with E-state index in [0.29, 0.717) is 25.9 Å². The number of esters is 1. The van der Waals surface area contributed by atoms with Crippen molar-refractivity contribution >= 4 is 29.2 Å². The van der Waals surface area contributed by atoms with E-state index in [9.17, 15) is 22.8 Å². The Morgan fingerprint density at radius 1 is 1.32 bits per heavy atom. The fourth-order valence-corrected chi connectivity index (χ4v) is 3.08. The number of anilines is 1. The molecule has 1 heterocycles. The normalized spacial score (nSPS) is 20.8. The molecule has 0 saturated carbocycles. The Morgan fingerprint density at radius 3 is 2.52 bits per heavy atom. The molecule has 0 radical (unpaired) electrons. The van der Waals surface area contributed by atoms with Gasteiger partial charge in [0, 0.05) is 18.5 Å². The molecule has 0 aliphatic carbocycles. The minimum absolute atomic E-state index is 0.0468. The first-order valence-corrected chi connectivity index (χ1v) is 8.16. The number of likely N-dealkylation sites (tertiary alicyclic amines) is 1. The van der Waals surface area contributed by atoms with Crippen molar-refractivity contribution in [1.82, 2.24) is 0 Å². The molecule has 25 heavy (non-hydrogen) atoms. The summed E-state index contributed by atoms with van der Waals surface area (Å²) in [5, 5.41) is 2.05. The number of piperidine rings is 1. The highest BCUT2D eigenvalue weighted by molar-refractivity contribution is 6.31. The number of hydrogen-bond donors (Lipinski definition) is 2. The maximum Gasteiger partial charge on any atom is 0.417 e. The summed E-state index contributed by atoms with van der Waals surface area (Å²) in [6.07, 6.45) is -3.35. The number of hydrogen-bond acceptors (Lipinski definition) is 3. The maximum absolute atomic E-state index is 12.8. The highest BCUT2D eigenvalue weighted by Crippen LogP contribution is 2.36. The van der Waals surface area contributed by atoms with Crippen molar-refractivity contribution in [1.29, 1.82) is 0 Å². The summed E-state index contributed by atoms with van der Waals surface area (Å²) < 4.78 is 43.2. The second-order valence-corrected chi connectivity index (χ2v) is 6.37. The first-order chi connectivity index (χ1) is 11.7. The molecule has 2 rings (SSSR count). The summed E-state index contributed by atoms with van der Waals surface area (Å²) in [7, 11) is 1.34. The average Bonchev–Trinajstić information content (AvgIpc) is 2.55. The molecule has 0 aromatic heterocycles. The summed E-state index contributed by atoms with van der Waals surface area (Å²) in [5.74, 6) is -0.784. The molecular formula is C16H19ClF3N2O3+. The van der Waals surface area contributed by atoms with Crippen molar-refractivity contribution in [2.45, 2.75) is 19.0 Å². The highest BCUT2D eigenvalue weighted by atomic mass is 35.5. The van der Waals surface area contributed by atoms with E-state index < -0.39 is 16.8 Å². The largest absolute Gasteiger partial charge is 0.469 e. The second kappa shape index (κ2) is 8.05. The van der Waals surface area contributed by atoms with Gasteiger partial charge in [-0.1, -0.05) is 11.6 Å². The summed E-state index contributed by atoms with van der Waals surface area (Å²) in [6.45, 7) is 1.38. The number of methoxy groups -OCH3 is 1. The molecule has 1 aliphatic heterocycles. The summed E-state index contributed by atoms with van der Waals surface area (Å²) in [5.41, 5.74) is -0.941. The first-order valence-electron chi connectivity index (χ1n) is 7.78. The molecule has 1 aliphatic rings. The van der Waals surface area contributed by atoms with E-state index in [2.05, 4.69) is 5.32 Å². The lowest BCUT2D eigenvalue weighted by Gasteiger charge is -2.27. The number of rotatable bonds is 4. The number of amides is 1. The van der Waals surface area contributed by atoms with Crippen LogP contribution < -0.4 is 10.2 Å². The predicted octanol–water partition coefficient (Wildman–Crippen LogP) is 1.77. The molecule has 0 atom stereocenters. The lowest BCUT2D eigenvalue weighted by molar-refractivity contribution is -0.897. The number of ether oxygens (including phenoxy) is 1. The third-order valence-corrected chi connectivity index (χ3v) is 4.52. The zero-order chi connectivity index (χ0) is 18.6. The SMILES string of the molecule is COC(=O)C1CC[NH+](CC(=O)Nc2ccc(Cl)c(C(F)(F)F)c2)CC1. The van der Waals surface area contributed by atoms with E-state index in [1.54, 1.807) is 0 Å². The van der Waals surface area contributed by atoms with Crippen molar-refractivity contribution in [3.8, 4) is 0 Å². The Bertz CT molecular complexity index is 644. The van der Waals surface area contributed by atoms with Gasteiger partial charge in [0.2, 0.25) is 0 Å². The third kappa shape index (κ3) is 5.34. The van der Waals surface area contributed by atoms with Crippen molar-refractivity contribution in [2.24, 2.45) is 5.92 Å². The Kier molecular flexibility index (Phi) is 6.29. The standard InChI is InChI=1S/C16H18ClF3N2O3/c1-25-15(24)10-4-6-22(7-5-10)9-14(23)21-11-2-3-13(17)12(8-11)16(18,19)20/h2-3,8,10H,4-7,9H2,1H3,(H,21,23)/p+1. The Hall–Kier alpha value is -1.80. The first kappa shape index (κ1) is 19.5. The van der Waals surface area contributed by atoms with E-state index in [4.69, 9.17) is 16.3 Å². The molecule has 2 N–H and O–H groups in total. The zero-order valence-corrected chi connectivity index (χ0v) is 14.3. The highest BCUT2D eigenvalue weighted by Gasteiger charge is 2.33. The topological polar surface area (TPSA) is 59.8 Å². The second-order valence-electron chi connectivity index (χ2n) is 5.96. The van der Waals surface area contributed by atoms with Gasteiger partial charge in [-0.2, -0.15) is 13.2 Å². The van der Waals surface area contributed by atoms with Crippen molar-refractivity contribution in [2.75, 3.05) is 32.1 Å². The van der Waals surface area contributed by atoms with Crippen LogP contribution in [0.4, 0.5) is 18.9 Å². The van der Waals surface area contributed by atoms with Crippen LogP contribution in [-0.4, -0.2) is 38.6 Å². The number of alkyl halides is 3. The fourth-order valence-electron chi connectivity index (χ4n) is 2.86. The molecule has 0 spiro atoms. The quantitative estimate of drug-likeness (QED) is 0.784. The smallest absolute Gasteiger partial charge is 0.417 e. The van der Waals surface area contributed by atoms with Crippen LogP contribution in [-0.2, 0) is 20.5 Å². The maximum atomic E-state index is 12.8. The lowest BCUT2D eigenvalue weighted by Crippen LogP contribution is -3.14. The molecule has 1 aromatic rings. The van der Waals surface area contributed by atoms with Crippen LogP contribution in [0, 0.1) is 5.92 Å². The minimum Gasteiger partial charge on any atom is -0.469 e. The fraction of sp³-hybridized carbons (Fsp3) is 0.500. The molecule has 1 saturated heterocycles. The van der Waals surface area contributed by atoms with Crippen LogP contribution in [0.2, 0.25) is 5.02 Å². The van der Waals surface area contributed by atoms with Crippen LogP contribution in [0.15, 0.2) is 18.2 Å². The van der Waals surface area contributed by atoms with Crippen LogP contribution in [0.3, 0.4) is 0 Å². The third-order valence-electron chi connectivity index (χ3n) is 4.19. The molecule has 138 valence electrons. The Balaban J connectivity index is 1.90. The predicted molar refractivity (Wildman–Crippen MR) is 85.4 cm³/mol. The molecular weight excluding hydrogens is 361 g/mol. The number of benzene rings is 1. The van der Waals surface area contributed by atoms with Crippen molar-refractivity contribution in [3.05, 3.63) is 28.8 Å². The van der Waals surface area contributed by atoms with Gasteiger partial charge in [0.05, 0.1) is 36.7 Å². The lowest BCUT2D eigenvalue weighted by atomic mass is 9.97. The van der Waals surface area contributed by atoms with Crippen molar-refractivity contribution in [3.63, 3.8) is 0 Å².